The predicted molar refractivity (Wildman–Crippen MR) is 63.3 cm³/mol. The first-order valence-corrected chi connectivity index (χ1v) is 5.97. The number of urea groups is 1. The number of aliphatic hydroxyl groups excluding tert-OH is 1. The number of carbonyl (C=O) groups excluding carboxylic acids is 1. The fourth-order valence-electron chi connectivity index (χ4n) is 1.69. The average Bonchev–Trinajstić information content (AvgIpc) is 3.14. The van der Waals surface area contributed by atoms with E-state index in [4.69, 9.17) is 14.9 Å². The molecule has 0 atom stereocenters. The van der Waals surface area contributed by atoms with Crippen LogP contribution in [0.15, 0.2) is 0 Å². The van der Waals surface area contributed by atoms with Gasteiger partial charge in [-0.3, -0.25) is 4.79 Å². The van der Waals surface area contributed by atoms with Crippen molar-refractivity contribution in [1.29, 1.82) is 0 Å². The third kappa shape index (κ3) is 4.50. The van der Waals surface area contributed by atoms with E-state index in [2.05, 4.69) is 0 Å². The predicted octanol–water partition coefficient (Wildman–Crippen LogP) is -0.404. The van der Waals surface area contributed by atoms with Crippen molar-refractivity contribution in [1.82, 2.24) is 9.80 Å². The number of nitrogens with zero attached hydrogens (tertiary/aromatic N) is 2. The molecule has 0 heterocycles. The number of aliphatic hydroxyl groups is 1. The number of rotatable bonds is 8. The Balaban J connectivity index is 2.61. The van der Waals surface area contributed by atoms with E-state index in [1.165, 1.54) is 16.9 Å². The Morgan fingerprint density at radius 3 is 2.44 bits per heavy atom. The first-order chi connectivity index (χ1) is 8.60. The molecular weight excluding hydrogens is 240 g/mol. The molecule has 104 valence electrons. The van der Waals surface area contributed by atoms with Gasteiger partial charge in [0.25, 0.3) is 0 Å². The third-order valence-corrected chi connectivity index (χ3v) is 2.74. The van der Waals surface area contributed by atoms with Crippen molar-refractivity contribution in [3.8, 4) is 0 Å². The van der Waals surface area contributed by atoms with Crippen LogP contribution in [0.25, 0.3) is 0 Å². The van der Waals surface area contributed by atoms with Crippen LogP contribution in [-0.4, -0.2) is 78.0 Å². The molecule has 1 aliphatic carbocycles. The SMILES string of the molecule is COCCN(CCO)C(=O)N(CC(=O)O)C1CC1. The Morgan fingerprint density at radius 1 is 1.33 bits per heavy atom. The second-order valence-corrected chi connectivity index (χ2v) is 4.24. The summed E-state index contributed by atoms with van der Waals surface area (Å²) in [6.07, 6.45) is 1.69. The number of carboxylic acids is 1. The largest absolute Gasteiger partial charge is 0.480 e. The summed E-state index contributed by atoms with van der Waals surface area (Å²) in [5, 5.41) is 17.7. The highest BCUT2D eigenvalue weighted by Crippen LogP contribution is 2.27. The molecule has 0 saturated heterocycles. The zero-order valence-corrected chi connectivity index (χ0v) is 10.5. The van der Waals surface area contributed by atoms with Gasteiger partial charge in [0.2, 0.25) is 0 Å². The number of hydrogen-bond acceptors (Lipinski definition) is 4. The van der Waals surface area contributed by atoms with E-state index in [1.54, 1.807) is 0 Å². The molecule has 0 bridgehead atoms. The number of aliphatic carboxylic acids is 1. The van der Waals surface area contributed by atoms with Gasteiger partial charge in [0.05, 0.1) is 13.2 Å². The lowest BCUT2D eigenvalue weighted by Crippen LogP contribution is -2.48. The van der Waals surface area contributed by atoms with E-state index >= 15 is 0 Å². The Hall–Kier alpha value is -1.34. The molecule has 0 radical (unpaired) electrons. The highest BCUT2D eigenvalue weighted by Gasteiger charge is 2.35. The zero-order valence-electron chi connectivity index (χ0n) is 10.5. The van der Waals surface area contributed by atoms with Gasteiger partial charge in [0.15, 0.2) is 0 Å². The molecule has 0 aromatic carbocycles. The fourth-order valence-corrected chi connectivity index (χ4v) is 1.69. The van der Waals surface area contributed by atoms with Gasteiger partial charge in [-0.1, -0.05) is 0 Å². The van der Waals surface area contributed by atoms with Crippen LogP contribution in [0.3, 0.4) is 0 Å². The minimum Gasteiger partial charge on any atom is -0.480 e. The quantitative estimate of drug-likeness (QED) is 0.619. The molecule has 1 rings (SSSR count). The van der Waals surface area contributed by atoms with Crippen LogP contribution < -0.4 is 0 Å². The standard InChI is InChI=1S/C11H20N2O5/c1-18-7-5-12(4-6-14)11(17)13(8-10(15)16)9-2-3-9/h9,14H,2-8H2,1H3,(H,15,16). The second-order valence-electron chi connectivity index (χ2n) is 4.24. The Bertz CT molecular complexity index is 293. The molecule has 2 N–H and O–H groups in total. The van der Waals surface area contributed by atoms with Crippen LogP contribution in [0, 0.1) is 0 Å². The zero-order chi connectivity index (χ0) is 13.5. The monoisotopic (exact) mass is 260 g/mol. The minimum absolute atomic E-state index is 0.0253. The molecule has 1 saturated carbocycles. The first kappa shape index (κ1) is 14.7. The van der Waals surface area contributed by atoms with Gasteiger partial charge in [-0.2, -0.15) is 0 Å². The maximum Gasteiger partial charge on any atom is 0.323 e. The summed E-state index contributed by atoms with van der Waals surface area (Å²) in [7, 11) is 1.53. The maximum absolute atomic E-state index is 12.2. The molecular formula is C11H20N2O5. The normalized spacial score (nSPS) is 14.3. The van der Waals surface area contributed by atoms with E-state index in [0.717, 1.165) is 12.8 Å². The summed E-state index contributed by atoms with van der Waals surface area (Å²) < 4.78 is 4.90. The molecule has 0 aromatic heterocycles. The summed E-state index contributed by atoms with van der Waals surface area (Å²) in [6.45, 7) is 0.445. The number of ether oxygens (including phenoxy) is 1. The molecule has 7 nitrogen and oxygen atoms in total. The van der Waals surface area contributed by atoms with Gasteiger partial charge in [-0.15, -0.1) is 0 Å². The average molecular weight is 260 g/mol. The van der Waals surface area contributed by atoms with Crippen LogP contribution >= 0.6 is 0 Å². The summed E-state index contributed by atoms with van der Waals surface area (Å²) >= 11 is 0. The smallest absolute Gasteiger partial charge is 0.323 e. The van der Waals surface area contributed by atoms with Gasteiger partial charge in [-0.25, -0.2) is 4.79 Å². The highest BCUT2D eigenvalue weighted by molar-refractivity contribution is 5.80. The number of amides is 2. The number of hydrogen-bond donors (Lipinski definition) is 2. The third-order valence-electron chi connectivity index (χ3n) is 2.74. The second kappa shape index (κ2) is 7.17. The summed E-state index contributed by atoms with van der Waals surface area (Å²) in [5.74, 6) is -1.02. The van der Waals surface area contributed by atoms with E-state index in [1.807, 2.05) is 0 Å². The molecule has 0 unspecified atom stereocenters. The van der Waals surface area contributed by atoms with E-state index in [9.17, 15) is 9.59 Å². The number of carboxylic acid groups (broad SMARTS) is 1. The molecule has 0 aromatic rings. The maximum atomic E-state index is 12.2. The molecule has 1 aliphatic rings. The van der Waals surface area contributed by atoms with Gasteiger partial charge < -0.3 is 24.7 Å². The molecule has 18 heavy (non-hydrogen) atoms. The Morgan fingerprint density at radius 2 is 2.00 bits per heavy atom. The topological polar surface area (TPSA) is 90.3 Å². The van der Waals surface area contributed by atoms with Crippen molar-refractivity contribution in [2.45, 2.75) is 18.9 Å². The van der Waals surface area contributed by atoms with Crippen molar-refractivity contribution in [3.63, 3.8) is 0 Å². The van der Waals surface area contributed by atoms with E-state index < -0.39 is 5.97 Å². The van der Waals surface area contributed by atoms with Gasteiger partial charge >= 0.3 is 12.0 Å². The fraction of sp³-hybridized carbons (Fsp3) is 0.818. The molecule has 1 fully saturated rings. The minimum atomic E-state index is -1.02. The van der Waals surface area contributed by atoms with Crippen LogP contribution in [0.4, 0.5) is 4.79 Å². The Labute approximate surface area is 106 Å². The van der Waals surface area contributed by atoms with Crippen LogP contribution in [0.2, 0.25) is 0 Å². The van der Waals surface area contributed by atoms with Crippen LogP contribution in [-0.2, 0) is 9.53 Å². The van der Waals surface area contributed by atoms with Gasteiger partial charge in [0, 0.05) is 26.2 Å². The van der Waals surface area contributed by atoms with Gasteiger partial charge in [-0.05, 0) is 12.8 Å². The van der Waals surface area contributed by atoms with E-state index in [0.29, 0.717) is 13.2 Å². The molecule has 0 spiro atoms. The molecule has 2 amide bonds. The lowest BCUT2D eigenvalue weighted by molar-refractivity contribution is -0.137. The molecule has 7 heteroatoms. The number of carbonyl (C=O) groups is 2. The summed E-state index contributed by atoms with van der Waals surface area (Å²) in [4.78, 5) is 25.7. The van der Waals surface area contributed by atoms with Crippen molar-refractivity contribution in [2.75, 3.05) is 40.0 Å². The number of methoxy groups -OCH3 is 1. The van der Waals surface area contributed by atoms with Gasteiger partial charge in [0.1, 0.15) is 6.54 Å². The summed E-state index contributed by atoms with van der Waals surface area (Å²) in [5.41, 5.74) is 0. The lowest BCUT2D eigenvalue weighted by atomic mass is 10.4. The highest BCUT2D eigenvalue weighted by atomic mass is 16.5. The lowest BCUT2D eigenvalue weighted by Gasteiger charge is -2.29. The Kier molecular flexibility index (Phi) is 5.87. The van der Waals surface area contributed by atoms with Crippen LogP contribution in [0.1, 0.15) is 12.8 Å². The summed E-state index contributed by atoms with van der Waals surface area (Å²) in [6, 6.07) is -0.316. The van der Waals surface area contributed by atoms with E-state index in [-0.39, 0.29) is 31.8 Å². The van der Waals surface area contributed by atoms with Crippen molar-refractivity contribution in [2.24, 2.45) is 0 Å². The van der Waals surface area contributed by atoms with Crippen molar-refractivity contribution < 1.29 is 24.5 Å². The van der Waals surface area contributed by atoms with Crippen molar-refractivity contribution in [3.05, 3.63) is 0 Å². The molecule has 0 aliphatic heterocycles. The first-order valence-electron chi connectivity index (χ1n) is 5.97. The van der Waals surface area contributed by atoms with Crippen LogP contribution in [0.5, 0.6) is 0 Å². The van der Waals surface area contributed by atoms with Crippen molar-refractivity contribution >= 4 is 12.0 Å².